The standard InChI is InChI=1S/C29H31F2N5O3/c1-39-27-7-3-2-6-26(27)35-16-14-34(15-17-35)25-11-9-20(18-22(25)28(37)36-12-4-5-13-36)32-29(38)33-21-8-10-23(30)24(31)19-21/h2-3,6-11,18-19H,4-5,12-17H2,1H3,(H2,32,33,38). The van der Waals surface area contributed by atoms with Gasteiger partial charge in [0.2, 0.25) is 0 Å². The number of piperazine rings is 1. The first-order chi connectivity index (χ1) is 18.9. The van der Waals surface area contributed by atoms with Crippen LogP contribution in [0.25, 0.3) is 0 Å². The van der Waals surface area contributed by atoms with Gasteiger partial charge in [0.15, 0.2) is 11.6 Å². The van der Waals surface area contributed by atoms with Gasteiger partial charge in [-0.05, 0) is 55.3 Å². The summed E-state index contributed by atoms with van der Waals surface area (Å²) in [5.74, 6) is -1.29. The maximum absolute atomic E-state index is 13.5. The Kier molecular flexibility index (Phi) is 7.81. The number of hydrogen-bond donors (Lipinski definition) is 2. The van der Waals surface area contributed by atoms with Gasteiger partial charge in [0, 0.05) is 62.4 Å². The van der Waals surface area contributed by atoms with Crippen LogP contribution in [0.1, 0.15) is 23.2 Å². The van der Waals surface area contributed by atoms with E-state index in [1.54, 1.807) is 19.2 Å². The number of nitrogens with one attached hydrogen (secondary N) is 2. The Bertz CT molecular complexity index is 1350. The molecule has 0 atom stereocenters. The smallest absolute Gasteiger partial charge is 0.323 e. The summed E-state index contributed by atoms with van der Waals surface area (Å²) in [5, 5.41) is 5.20. The lowest BCUT2D eigenvalue weighted by molar-refractivity contribution is 0.0793. The number of carbonyl (C=O) groups excluding carboxylic acids is 2. The number of likely N-dealkylation sites (tertiary alicyclic amines) is 1. The van der Waals surface area contributed by atoms with Gasteiger partial charge in [0.1, 0.15) is 5.75 Å². The van der Waals surface area contributed by atoms with Crippen molar-refractivity contribution in [2.75, 3.05) is 66.8 Å². The summed E-state index contributed by atoms with van der Waals surface area (Å²) < 4.78 is 32.3. The Morgan fingerprint density at radius 2 is 1.36 bits per heavy atom. The number of rotatable bonds is 6. The minimum absolute atomic E-state index is 0.0701. The normalized spacial score (nSPS) is 15.3. The van der Waals surface area contributed by atoms with Gasteiger partial charge >= 0.3 is 6.03 Å². The average Bonchev–Trinajstić information content (AvgIpc) is 3.50. The number of methoxy groups -OCH3 is 1. The van der Waals surface area contributed by atoms with E-state index in [1.807, 2.05) is 35.2 Å². The summed E-state index contributed by atoms with van der Waals surface area (Å²) in [4.78, 5) is 32.4. The van der Waals surface area contributed by atoms with E-state index in [9.17, 15) is 18.4 Å². The van der Waals surface area contributed by atoms with Gasteiger partial charge in [-0.3, -0.25) is 4.79 Å². The molecule has 0 aliphatic carbocycles. The fourth-order valence-electron chi connectivity index (χ4n) is 5.10. The van der Waals surface area contributed by atoms with Crippen molar-refractivity contribution < 1.29 is 23.1 Å². The number of halogens is 2. The van der Waals surface area contributed by atoms with Crippen LogP contribution in [0, 0.1) is 11.6 Å². The van der Waals surface area contributed by atoms with Crippen LogP contribution >= 0.6 is 0 Å². The Balaban J connectivity index is 1.34. The van der Waals surface area contributed by atoms with Crippen LogP contribution in [0.15, 0.2) is 60.7 Å². The lowest BCUT2D eigenvalue weighted by Gasteiger charge is -2.38. The Morgan fingerprint density at radius 3 is 2.03 bits per heavy atom. The van der Waals surface area contributed by atoms with Gasteiger partial charge in [-0.15, -0.1) is 0 Å². The molecule has 39 heavy (non-hydrogen) atoms. The SMILES string of the molecule is COc1ccccc1N1CCN(c2ccc(NC(=O)Nc3ccc(F)c(F)c3)cc2C(=O)N2CCCC2)CC1. The molecule has 2 aliphatic rings. The second-order valence-electron chi connectivity index (χ2n) is 9.59. The third kappa shape index (κ3) is 5.89. The molecule has 3 amide bonds. The summed E-state index contributed by atoms with van der Waals surface area (Å²) in [6.07, 6.45) is 1.93. The summed E-state index contributed by atoms with van der Waals surface area (Å²) in [6.45, 7) is 4.34. The Hall–Kier alpha value is -4.34. The average molecular weight is 536 g/mol. The number of anilines is 4. The topological polar surface area (TPSA) is 77.1 Å². The predicted octanol–water partition coefficient (Wildman–Crippen LogP) is 5.18. The van der Waals surface area contributed by atoms with E-state index in [2.05, 4.69) is 20.4 Å². The highest BCUT2D eigenvalue weighted by atomic mass is 19.2. The number of amides is 3. The highest BCUT2D eigenvalue weighted by Crippen LogP contribution is 2.32. The van der Waals surface area contributed by atoms with E-state index in [4.69, 9.17) is 4.74 Å². The molecule has 0 spiro atoms. The van der Waals surface area contributed by atoms with E-state index in [0.29, 0.717) is 37.4 Å². The number of carbonyl (C=O) groups is 2. The van der Waals surface area contributed by atoms with Crippen molar-refractivity contribution in [2.45, 2.75) is 12.8 Å². The van der Waals surface area contributed by atoms with Crippen molar-refractivity contribution >= 4 is 34.7 Å². The number of benzene rings is 3. The van der Waals surface area contributed by atoms with E-state index < -0.39 is 17.7 Å². The molecule has 5 rings (SSSR count). The van der Waals surface area contributed by atoms with Crippen LogP contribution in [-0.4, -0.2) is 63.2 Å². The number of ether oxygens (including phenoxy) is 1. The summed E-state index contributed by atoms with van der Waals surface area (Å²) >= 11 is 0. The first-order valence-corrected chi connectivity index (χ1v) is 13.0. The monoisotopic (exact) mass is 535 g/mol. The van der Waals surface area contributed by atoms with Crippen molar-refractivity contribution in [2.24, 2.45) is 0 Å². The maximum Gasteiger partial charge on any atom is 0.323 e. The molecule has 0 bridgehead atoms. The van der Waals surface area contributed by atoms with E-state index in [1.165, 1.54) is 6.07 Å². The summed E-state index contributed by atoms with van der Waals surface area (Å²) in [7, 11) is 1.67. The second kappa shape index (κ2) is 11.6. The second-order valence-corrected chi connectivity index (χ2v) is 9.59. The van der Waals surface area contributed by atoms with Crippen molar-refractivity contribution in [1.29, 1.82) is 0 Å². The van der Waals surface area contributed by atoms with Crippen LogP contribution in [-0.2, 0) is 0 Å². The van der Waals surface area contributed by atoms with Crippen LogP contribution in [0.5, 0.6) is 5.75 Å². The fourth-order valence-corrected chi connectivity index (χ4v) is 5.10. The van der Waals surface area contributed by atoms with Gasteiger partial charge in [-0.2, -0.15) is 0 Å². The fraction of sp³-hybridized carbons (Fsp3) is 0.310. The molecule has 204 valence electrons. The minimum atomic E-state index is -1.05. The first-order valence-electron chi connectivity index (χ1n) is 13.0. The quantitative estimate of drug-likeness (QED) is 0.455. The highest BCUT2D eigenvalue weighted by molar-refractivity contribution is 6.04. The zero-order valence-corrected chi connectivity index (χ0v) is 21.8. The van der Waals surface area contributed by atoms with E-state index in [0.717, 1.165) is 55.2 Å². The molecule has 2 fully saturated rings. The van der Waals surface area contributed by atoms with Crippen molar-refractivity contribution in [3.8, 4) is 5.75 Å². The lowest BCUT2D eigenvalue weighted by atomic mass is 10.1. The van der Waals surface area contributed by atoms with Crippen molar-refractivity contribution in [1.82, 2.24) is 4.90 Å². The molecule has 2 aliphatic heterocycles. The number of urea groups is 1. The van der Waals surface area contributed by atoms with Crippen molar-refractivity contribution in [3.63, 3.8) is 0 Å². The molecule has 2 N–H and O–H groups in total. The zero-order valence-electron chi connectivity index (χ0n) is 21.8. The third-order valence-electron chi connectivity index (χ3n) is 7.10. The zero-order chi connectivity index (χ0) is 27.4. The van der Waals surface area contributed by atoms with Gasteiger partial charge in [0.25, 0.3) is 5.91 Å². The molecule has 0 aromatic heterocycles. The molecular formula is C29H31F2N5O3. The minimum Gasteiger partial charge on any atom is -0.495 e. The molecule has 2 saturated heterocycles. The summed E-state index contributed by atoms with van der Waals surface area (Å²) in [5.41, 5.74) is 2.92. The number of hydrogen-bond acceptors (Lipinski definition) is 5. The van der Waals surface area contributed by atoms with Crippen LogP contribution in [0.2, 0.25) is 0 Å². The van der Waals surface area contributed by atoms with Gasteiger partial charge in [-0.1, -0.05) is 12.1 Å². The largest absolute Gasteiger partial charge is 0.495 e. The highest BCUT2D eigenvalue weighted by Gasteiger charge is 2.27. The van der Waals surface area contributed by atoms with Gasteiger partial charge in [0.05, 0.1) is 18.4 Å². The van der Waals surface area contributed by atoms with E-state index in [-0.39, 0.29) is 11.6 Å². The molecule has 3 aromatic carbocycles. The Labute approximate surface area is 226 Å². The molecule has 2 heterocycles. The lowest BCUT2D eigenvalue weighted by Crippen LogP contribution is -2.47. The molecule has 8 nitrogen and oxygen atoms in total. The van der Waals surface area contributed by atoms with Gasteiger partial charge < -0.3 is 30.1 Å². The molecule has 3 aromatic rings. The number of para-hydroxylation sites is 2. The number of nitrogens with zero attached hydrogens (tertiary/aromatic N) is 3. The Morgan fingerprint density at radius 1 is 0.744 bits per heavy atom. The van der Waals surface area contributed by atoms with Crippen LogP contribution in [0.4, 0.5) is 36.3 Å². The van der Waals surface area contributed by atoms with E-state index >= 15 is 0 Å². The molecule has 0 radical (unpaired) electrons. The molecule has 0 saturated carbocycles. The maximum atomic E-state index is 13.5. The predicted molar refractivity (Wildman–Crippen MR) is 148 cm³/mol. The van der Waals surface area contributed by atoms with Crippen LogP contribution in [0.3, 0.4) is 0 Å². The summed E-state index contributed by atoms with van der Waals surface area (Å²) in [6, 6.07) is 15.7. The van der Waals surface area contributed by atoms with Gasteiger partial charge in [-0.25, -0.2) is 13.6 Å². The van der Waals surface area contributed by atoms with Crippen LogP contribution < -0.4 is 25.2 Å². The molecule has 10 heteroatoms. The molecule has 0 unspecified atom stereocenters. The third-order valence-corrected chi connectivity index (χ3v) is 7.10. The van der Waals surface area contributed by atoms with Crippen molar-refractivity contribution in [3.05, 3.63) is 77.9 Å². The first kappa shape index (κ1) is 26.3. The molecular weight excluding hydrogens is 504 g/mol.